The van der Waals surface area contributed by atoms with Crippen molar-refractivity contribution in [2.24, 2.45) is 39.6 Å². The molecule has 0 heterocycles. The van der Waals surface area contributed by atoms with Crippen molar-refractivity contribution in [2.45, 2.75) is 89.6 Å². The summed E-state index contributed by atoms with van der Waals surface area (Å²) in [5.74, 6) is 2.68. The molecule has 0 bridgehead atoms. The first kappa shape index (κ1) is 22.4. The van der Waals surface area contributed by atoms with Gasteiger partial charge in [-0.25, -0.2) is 4.83 Å². The van der Waals surface area contributed by atoms with Gasteiger partial charge in [-0.05, 0) is 106 Å². The molecule has 4 aliphatic carbocycles. The van der Waals surface area contributed by atoms with Crippen molar-refractivity contribution in [1.82, 2.24) is 4.83 Å². The van der Waals surface area contributed by atoms with Crippen molar-refractivity contribution < 1.29 is 13.5 Å². The molecular formula is C26H38N2O3S. The van der Waals surface area contributed by atoms with Gasteiger partial charge in [0.15, 0.2) is 0 Å². The first-order valence-electron chi connectivity index (χ1n) is 12.5. The Morgan fingerprint density at radius 1 is 1.00 bits per heavy atom. The van der Waals surface area contributed by atoms with E-state index in [1.165, 1.54) is 19.3 Å². The second-order valence-electron chi connectivity index (χ2n) is 11.5. The number of hydrazone groups is 1. The van der Waals surface area contributed by atoms with Gasteiger partial charge in [0.05, 0.1) is 11.0 Å². The van der Waals surface area contributed by atoms with Gasteiger partial charge >= 0.3 is 0 Å². The minimum atomic E-state index is -3.64. The summed E-state index contributed by atoms with van der Waals surface area (Å²) in [4.78, 5) is 2.82. The van der Waals surface area contributed by atoms with Gasteiger partial charge in [-0.1, -0.05) is 31.5 Å². The molecule has 32 heavy (non-hydrogen) atoms. The van der Waals surface area contributed by atoms with E-state index in [0.717, 1.165) is 55.7 Å². The van der Waals surface area contributed by atoms with E-state index in [1.807, 2.05) is 19.1 Å². The molecule has 0 unspecified atom stereocenters. The Balaban J connectivity index is 1.35. The second-order valence-corrected chi connectivity index (χ2v) is 13.2. The van der Waals surface area contributed by atoms with Crippen molar-refractivity contribution in [3.63, 3.8) is 0 Å². The molecule has 1 aromatic carbocycles. The van der Waals surface area contributed by atoms with Crippen molar-refractivity contribution in [2.75, 3.05) is 0 Å². The molecule has 6 heteroatoms. The average molecular weight is 459 g/mol. The zero-order valence-corrected chi connectivity index (χ0v) is 20.5. The van der Waals surface area contributed by atoms with Crippen LogP contribution in [0.2, 0.25) is 0 Å². The van der Waals surface area contributed by atoms with Gasteiger partial charge in [0, 0.05) is 11.1 Å². The zero-order valence-electron chi connectivity index (χ0n) is 19.7. The summed E-state index contributed by atoms with van der Waals surface area (Å²) in [6.07, 6.45) is 9.76. The normalized spacial score (nSPS) is 42.8. The van der Waals surface area contributed by atoms with Crippen molar-refractivity contribution in [1.29, 1.82) is 0 Å². The van der Waals surface area contributed by atoms with Gasteiger partial charge in [-0.2, -0.15) is 13.5 Å². The molecule has 5 rings (SSSR count). The lowest BCUT2D eigenvalue weighted by atomic mass is 9.45. The number of hydrogen-bond acceptors (Lipinski definition) is 4. The predicted molar refractivity (Wildman–Crippen MR) is 127 cm³/mol. The fraction of sp³-hybridized carbons (Fsp3) is 0.731. The van der Waals surface area contributed by atoms with Crippen LogP contribution in [-0.2, 0) is 10.0 Å². The van der Waals surface area contributed by atoms with Crippen LogP contribution < -0.4 is 4.83 Å². The van der Waals surface area contributed by atoms with E-state index in [1.54, 1.807) is 12.1 Å². The SMILES string of the molecule is Cc1ccc(S(=O)(=O)N/N=C2/CC[C@H]3[C@@H]4CC[C@@H]5C[C@H](O)CC[C@]5(C)[C@H]4CC[C@]23C)cc1. The molecule has 176 valence electrons. The largest absolute Gasteiger partial charge is 0.393 e. The number of benzene rings is 1. The molecule has 0 saturated heterocycles. The highest BCUT2D eigenvalue weighted by molar-refractivity contribution is 7.89. The van der Waals surface area contributed by atoms with E-state index in [0.29, 0.717) is 23.2 Å². The quantitative estimate of drug-likeness (QED) is 0.623. The summed E-state index contributed by atoms with van der Waals surface area (Å²) in [6.45, 7) is 6.78. The Bertz CT molecular complexity index is 1000. The molecule has 0 spiro atoms. The molecule has 0 aliphatic heterocycles. The first-order valence-corrected chi connectivity index (χ1v) is 14.0. The number of nitrogens with one attached hydrogen (secondary N) is 1. The predicted octanol–water partition coefficient (Wildman–Crippen LogP) is 5.03. The van der Waals surface area contributed by atoms with Gasteiger partial charge < -0.3 is 5.11 Å². The Hall–Kier alpha value is -1.40. The third-order valence-corrected chi connectivity index (χ3v) is 11.2. The van der Waals surface area contributed by atoms with Gasteiger partial charge in [-0.15, -0.1) is 0 Å². The number of hydrogen-bond donors (Lipinski definition) is 2. The van der Waals surface area contributed by atoms with E-state index in [-0.39, 0.29) is 16.4 Å². The summed E-state index contributed by atoms with van der Waals surface area (Å²) in [5.41, 5.74) is 2.43. The Labute approximate surface area is 193 Å². The van der Waals surface area contributed by atoms with Gasteiger partial charge in [-0.3, -0.25) is 0 Å². The van der Waals surface area contributed by atoms with E-state index in [2.05, 4.69) is 23.8 Å². The minimum absolute atomic E-state index is 0.00562. The molecular weight excluding hydrogens is 420 g/mol. The van der Waals surface area contributed by atoms with Crippen LogP contribution in [0.15, 0.2) is 34.3 Å². The Morgan fingerprint density at radius 2 is 1.75 bits per heavy atom. The minimum Gasteiger partial charge on any atom is -0.393 e. The van der Waals surface area contributed by atoms with Gasteiger partial charge in [0.25, 0.3) is 10.0 Å². The number of aliphatic hydroxyl groups excluding tert-OH is 1. The zero-order chi connectivity index (χ0) is 22.7. The molecule has 4 saturated carbocycles. The lowest BCUT2D eigenvalue weighted by molar-refractivity contribution is -0.113. The molecule has 0 radical (unpaired) electrons. The van der Waals surface area contributed by atoms with Gasteiger partial charge in [0.1, 0.15) is 0 Å². The smallest absolute Gasteiger partial charge is 0.276 e. The van der Waals surface area contributed by atoms with Crippen LogP contribution in [-0.4, -0.2) is 25.3 Å². The highest BCUT2D eigenvalue weighted by atomic mass is 32.2. The van der Waals surface area contributed by atoms with Crippen LogP contribution in [0.3, 0.4) is 0 Å². The maximum atomic E-state index is 12.8. The summed E-state index contributed by atoms with van der Waals surface area (Å²) < 4.78 is 25.6. The van der Waals surface area contributed by atoms with Crippen molar-refractivity contribution in [3.05, 3.63) is 29.8 Å². The van der Waals surface area contributed by atoms with Crippen LogP contribution in [0.4, 0.5) is 0 Å². The number of sulfonamides is 1. The molecule has 2 N–H and O–H groups in total. The number of aliphatic hydroxyl groups is 1. The maximum absolute atomic E-state index is 12.8. The van der Waals surface area contributed by atoms with Crippen LogP contribution in [0.25, 0.3) is 0 Å². The molecule has 5 nitrogen and oxygen atoms in total. The molecule has 7 atom stereocenters. The second kappa shape index (κ2) is 7.83. The summed E-state index contributed by atoms with van der Waals surface area (Å²) in [5, 5.41) is 14.8. The lowest BCUT2D eigenvalue weighted by Crippen LogP contribution is -2.54. The molecule has 0 aromatic heterocycles. The highest BCUT2D eigenvalue weighted by Gasteiger charge is 2.59. The van der Waals surface area contributed by atoms with Crippen molar-refractivity contribution in [3.8, 4) is 0 Å². The molecule has 1 aromatic rings. The number of aryl methyl sites for hydroxylation is 1. The third-order valence-electron chi connectivity index (χ3n) is 10.0. The highest BCUT2D eigenvalue weighted by Crippen LogP contribution is 2.65. The summed E-state index contributed by atoms with van der Waals surface area (Å²) in [7, 11) is -3.64. The number of rotatable bonds is 3. The van der Waals surface area contributed by atoms with Crippen LogP contribution in [0.1, 0.15) is 77.2 Å². The third kappa shape index (κ3) is 3.53. The summed E-state index contributed by atoms with van der Waals surface area (Å²) >= 11 is 0. The maximum Gasteiger partial charge on any atom is 0.276 e. The average Bonchev–Trinajstić information content (AvgIpc) is 3.09. The molecule has 4 aliphatic rings. The summed E-state index contributed by atoms with van der Waals surface area (Å²) in [6, 6.07) is 6.92. The first-order chi connectivity index (χ1) is 15.1. The van der Waals surface area contributed by atoms with E-state index < -0.39 is 10.0 Å². The lowest BCUT2D eigenvalue weighted by Gasteiger charge is -2.60. The fourth-order valence-electron chi connectivity index (χ4n) is 8.09. The van der Waals surface area contributed by atoms with E-state index >= 15 is 0 Å². The fourth-order valence-corrected chi connectivity index (χ4v) is 8.92. The van der Waals surface area contributed by atoms with Crippen LogP contribution in [0.5, 0.6) is 0 Å². The van der Waals surface area contributed by atoms with Gasteiger partial charge in [0.2, 0.25) is 0 Å². The van der Waals surface area contributed by atoms with Crippen molar-refractivity contribution >= 4 is 15.7 Å². The topological polar surface area (TPSA) is 78.8 Å². The Morgan fingerprint density at radius 3 is 2.50 bits per heavy atom. The van der Waals surface area contributed by atoms with E-state index in [4.69, 9.17) is 0 Å². The van der Waals surface area contributed by atoms with Crippen LogP contribution in [0, 0.1) is 41.4 Å². The van der Waals surface area contributed by atoms with E-state index in [9.17, 15) is 13.5 Å². The molecule has 4 fully saturated rings. The number of nitrogens with zero attached hydrogens (tertiary/aromatic N) is 1. The number of fused-ring (bicyclic) bond motifs is 5. The Kier molecular flexibility index (Phi) is 5.48. The molecule has 0 amide bonds. The monoisotopic (exact) mass is 458 g/mol. The van der Waals surface area contributed by atoms with Crippen LogP contribution >= 0.6 is 0 Å². The standard InChI is InChI=1S/C26H38N2O3S/c1-17-4-7-20(8-5-17)32(30,31)28-27-24-11-10-22-21-9-6-18-16-19(29)12-14-25(18,2)23(21)13-15-26(22,24)3/h4-5,7-8,18-19,21-23,28-29H,6,9-16H2,1-3H3/b27-24-/t18-,19-,21+,22+,23+,25+,26+/m1/s1.